The van der Waals surface area contributed by atoms with E-state index in [0.29, 0.717) is 5.56 Å². The van der Waals surface area contributed by atoms with Crippen LogP contribution >= 0.6 is 11.6 Å². The summed E-state index contributed by atoms with van der Waals surface area (Å²) in [6, 6.07) is 13.8. The minimum atomic E-state index is -1.12. The number of carbonyl (C=O) groups is 2. The van der Waals surface area contributed by atoms with Crippen molar-refractivity contribution in [3.05, 3.63) is 70.2 Å². The summed E-state index contributed by atoms with van der Waals surface area (Å²) in [6.07, 6.45) is -0.574. The van der Waals surface area contributed by atoms with Crippen molar-refractivity contribution in [2.75, 3.05) is 6.54 Å². The van der Waals surface area contributed by atoms with Crippen molar-refractivity contribution in [1.29, 1.82) is 0 Å². The Bertz CT molecular complexity index is 794. The van der Waals surface area contributed by atoms with Gasteiger partial charge in [-0.2, -0.15) is 0 Å². The molecule has 0 atom stereocenters. The van der Waals surface area contributed by atoms with Crippen molar-refractivity contribution < 1.29 is 19.4 Å². The summed E-state index contributed by atoms with van der Waals surface area (Å²) in [6.45, 7) is 0.262. The molecule has 2 aromatic carbocycles. The summed E-state index contributed by atoms with van der Waals surface area (Å²) in [5, 5.41) is 11.6. The van der Waals surface area contributed by atoms with E-state index in [9.17, 15) is 9.59 Å². The molecule has 0 bridgehead atoms. The molecule has 1 amide bonds. The van der Waals surface area contributed by atoms with Gasteiger partial charge in [0.05, 0.1) is 17.1 Å². The lowest BCUT2D eigenvalue weighted by atomic mass is 10.1. The third-order valence-corrected chi connectivity index (χ3v) is 3.29. The van der Waals surface area contributed by atoms with Crippen LogP contribution in [0.4, 0.5) is 4.79 Å². The van der Waals surface area contributed by atoms with E-state index in [1.807, 2.05) is 30.3 Å². The molecule has 0 unspecified atom stereocenters. The number of amides is 1. The van der Waals surface area contributed by atoms with E-state index in [-0.39, 0.29) is 23.7 Å². The first-order valence-corrected chi connectivity index (χ1v) is 7.40. The Labute approximate surface area is 144 Å². The maximum absolute atomic E-state index is 11.5. The average Bonchev–Trinajstić information content (AvgIpc) is 2.59. The first-order chi connectivity index (χ1) is 11.6. The highest BCUT2D eigenvalue weighted by Gasteiger charge is 2.08. The molecular formula is C18H14ClNO4. The van der Waals surface area contributed by atoms with Crippen LogP contribution in [0.25, 0.3) is 0 Å². The van der Waals surface area contributed by atoms with Crippen LogP contribution < -0.4 is 5.32 Å². The molecule has 2 rings (SSSR count). The van der Waals surface area contributed by atoms with E-state index >= 15 is 0 Å². The van der Waals surface area contributed by atoms with Crippen LogP contribution in [-0.4, -0.2) is 23.7 Å². The zero-order valence-electron chi connectivity index (χ0n) is 12.6. The lowest BCUT2D eigenvalue weighted by Crippen LogP contribution is -2.24. The van der Waals surface area contributed by atoms with Crippen LogP contribution in [0.2, 0.25) is 5.02 Å². The number of carboxylic acids is 1. The predicted molar refractivity (Wildman–Crippen MR) is 89.9 cm³/mol. The molecular weight excluding hydrogens is 330 g/mol. The third kappa shape index (κ3) is 5.34. The van der Waals surface area contributed by atoms with E-state index in [1.54, 1.807) is 6.07 Å². The van der Waals surface area contributed by atoms with E-state index in [4.69, 9.17) is 21.4 Å². The van der Waals surface area contributed by atoms with E-state index < -0.39 is 12.1 Å². The van der Waals surface area contributed by atoms with Gasteiger partial charge in [-0.15, -0.1) is 0 Å². The Kier molecular flexibility index (Phi) is 6.23. The largest absolute Gasteiger partial charge is 0.478 e. The first-order valence-electron chi connectivity index (χ1n) is 7.02. The second-order valence-electron chi connectivity index (χ2n) is 4.72. The molecule has 0 aromatic heterocycles. The Morgan fingerprint density at radius 2 is 1.92 bits per heavy atom. The molecule has 2 aromatic rings. The molecule has 0 aliphatic rings. The number of halogens is 1. The third-order valence-electron chi connectivity index (χ3n) is 2.96. The molecule has 0 radical (unpaired) electrons. The average molecular weight is 344 g/mol. The van der Waals surface area contributed by atoms with E-state index in [2.05, 4.69) is 17.2 Å². The Balaban J connectivity index is 1.82. The maximum Gasteiger partial charge on any atom is 0.408 e. The zero-order chi connectivity index (χ0) is 17.4. The minimum absolute atomic E-state index is 0.0151. The van der Waals surface area contributed by atoms with Gasteiger partial charge in [0.1, 0.15) is 6.61 Å². The van der Waals surface area contributed by atoms with Crippen LogP contribution in [-0.2, 0) is 11.3 Å². The second-order valence-corrected chi connectivity index (χ2v) is 5.12. The minimum Gasteiger partial charge on any atom is -0.478 e. The van der Waals surface area contributed by atoms with Crippen LogP contribution in [0.15, 0.2) is 48.5 Å². The molecule has 0 spiro atoms. The number of nitrogens with one attached hydrogen (secondary N) is 1. The summed E-state index contributed by atoms with van der Waals surface area (Å²) in [5.41, 5.74) is 1.37. The number of carbonyl (C=O) groups excluding carboxylic acids is 1. The number of alkyl carbamates (subject to hydrolysis) is 1. The van der Waals surface area contributed by atoms with E-state index in [1.165, 1.54) is 12.1 Å². The van der Waals surface area contributed by atoms with Gasteiger partial charge in [-0.3, -0.25) is 0 Å². The Morgan fingerprint density at radius 1 is 1.17 bits per heavy atom. The molecule has 0 aliphatic heterocycles. The SMILES string of the molecule is O=C(NCC#Cc1ccc(Cl)c(C(=O)O)c1)OCc1ccccc1. The fourth-order valence-electron chi connectivity index (χ4n) is 1.80. The van der Waals surface area contributed by atoms with Crippen molar-refractivity contribution >= 4 is 23.7 Å². The van der Waals surface area contributed by atoms with Crippen molar-refractivity contribution in [1.82, 2.24) is 5.32 Å². The maximum atomic E-state index is 11.5. The molecule has 0 saturated heterocycles. The van der Waals surface area contributed by atoms with Gasteiger partial charge >= 0.3 is 12.1 Å². The number of aromatic carboxylic acids is 1. The highest BCUT2D eigenvalue weighted by atomic mass is 35.5. The number of benzene rings is 2. The van der Waals surface area contributed by atoms with Gasteiger partial charge in [0.25, 0.3) is 0 Å². The Morgan fingerprint density at radius 3 is 2.62 bits per heavy atom. The molecule has 0 aliphatic carbocycles. The van der Waals surface area contributed by atoms with Crippen LogP contribution in [0, 0.1) is 11.8 Å². The first kappa shape index (κ1) is 17.4. The summed E-state index contributed by atoms with van der Waals surface area (Å²) in [7, 11) is 0. The quantitative estimate of drug-likeness (QED) is 0.835. The van der Waals surface area contributed by atoms with Crippen LogP contribution in [0.3, 0.4) is 0 Å². The highest BCUT2D eigenvalue weighted by molar-refractivity contribution is 6.33. The number of hydrogen-bond donors (Lipinski definition) is 2. The van der Waals surface area contributed by atoms with Gasteiger partial charge < -0.3 is 15.2 Å². The summed E-state index contributed by atoms with van der Waals surface area (Å²) >= 11 is 5.78. The smallest absolute Gasteiger partial charge is 0.408 e. The fraction of sp³-hybridized carbons (Fsp3) is 0.111. The number of carboxylic acid groups (broad SMARTS) is 1. The van der Waals surface area contributed by atoms with Crippen LogP contribution in [0.1, 0.15) is 21.5 Å². The predicted octanol–water partition coefficient (Wildman–Crippen LogP) is 3.32. The molecule has 0 fully saturated rings. The van der Waals surface area contributed by atoms with Crippen molar-refractivity contribution in [3.63, 3.8) is 0 Å². The van der Waals surface area contributed by atoms with Crippen molar-refractivity contribution in [3.8, 4) is 11.8 Å². The molecule has 2 N–H and O–H groups in total. The topological polar surface area (TPSA) is 75.6 Å². The van der Waals surface area contributed by atoms with Gasteiger partial charge in [0.15, 0.2) is 0 Å². The standard InChI is InChI=1S/C18H14ClNO4/c19-16-9-8-13(11-15(16)17(21)22)7-4-10-20-18(23)24-12-14-5-2-1-3-6-14/h1-3,5-6,8-9,11H,10,12H2,(H,20,23)(H,21,22). The summed E-state index contributed by atoms with van der Waals surface area (Å²) < 4.78 is 5.03. The second kappa shape index (κ2) is 8.61. The van der Waals surface area contributed by atoms with Crippen molar-refractivity contribution in [2.45, 2.75) is 6.61 Å². The lowest BCUT2D eigenvalue weighted by Gasteiger charge is -2.04. The van der Waals surface area contributed by atoms with Gasteiger partial charge in [-0.25, -0.2) is 9.59 Å². The van der Waals surface area contributed by atoms with Gasteiger partial charge in [0.2, 0.25) is 0 Å². The molecule has 6 heteroatoms. The molecule has 122 valence electrons. The van der Waals surface area contributed by atoms with Gasteiger partial charge in [-0.05, 0) is 23.8 Å². The molecule has 24 heavy (non-hydrogen) atoms. The highest BCUT2D eigenvalue weighted by Crippen LogP contribution is 2.17. The number of hydrogen-bond acceptors (Lipinski definition) is 3. The van der Waals surface area contributed by atoms with Crippen molar-refractivity contribution in [2.24, 2.45) is 0 Å². The lowest BCUT2D eigenvalue weighted by molar-refractivity contribution is 0.0697. The van der Waals surface area contributed by atoms with Gasteiger partial charge in [-0.1, -0.05) is 53.8 Å². The molecule has 0 heterocycles. The summed E-state index contributed by atoms with van der Waals surface area (Å²) in [5.74, 6) is 4.35. The van der Waals surface area contributed by atoms with Crippen LogP contribution in [0.5, 0.6) is 0 Å². The summed E-state index contributed by atoms with van der Waals surface area (Å²) in [4.78, 5) is 22.5. The normalized spacial score (nSPS) is 9.54. The monoisotopic (exact) mass is 343 g/mol. The number of rotatable bonds is 4. The zero-order valence-corrected chi connectivity index (χ0v) is 13.3. The molecule has 0 saturated carbocycles. The van der Waals surface area contributed by atoms with Gasteiger partial charge in [0, 0.05) is 5.56 Å². The fourth-order valence-corrected chi connectivity index (χ4v) is 2.00. The number of ether oxygens (including phenoxy) is 1. The Hall–Kier alpha value is -2.97. The molecule has 5 nitrogen and oxygen atoms in total. The van der Waals surface area contributed by atoms with E-state index in [0.717, 1.165) is 5.56 Å².